The van der Waals surface area contributed by atoms with Gasteiger partial charge in [0.25, 0.3) is 0 Å². The summed E-state index contributed by atoms with van der Waals surface area (Å²) in [4.78, 5) is 0. The maximum atomic E-state index is 11.7. The highest BCUT2D eigenvalue weighted by molar-refractivity contribution is 8.02. The molecule has 0 atom stereocenters. The monoisotopic (exact) mass is 429 g/mol. The Balaban J connectivity index is 2.04. The van der Waals surface area contributed by atoms with Crippen LogP contribution in [0.3, 0.4) is 0 Å². The minimum Gasteiger partial charge on any atom is -0.214 e. The van der Waals surface area contributed by atoms with Crippen LogP contribution in [-0.2, 0) is 14.8 Å². The van der Waals surface area contributed by atoms with Gasteiger partial charge in [0, 0.05) is 12.3 Å². The summed E-state index contributed by atoms with van der Waals surface area (Å²) >= 11 is 5.60. The first-order valence-electron chi connectivity index (χ1n) is 8.97. The van der Waals surface area contributed by atoms with Crippen molar-refractivity contribution in [3.8, 4) is 0 Å². The van der Waals surface area contributed by atoms with Gasteiger partial charge in [-0.15, -0.1) is 11.8 Å². The van der Waals surface area contributed by atoms with Gasteiger partial charge < -0.3 is 0 Å². The van der Waals surface area contributed by atoms with E-state index in [9.17, 15) is 8.42 Å². The summed E-state index contributed by atoms with van der Waals surface area (Å²) in [6, 6.07) is 31.1. The Morgan fingerprint density at radius 1 is 0.750 bits per heavy atom. The largest absolute Gasteiger partial charge is 0.220 e. The summed E-state index contributed by atoms with van der Waals surface area (Å²) in [5.74, 6) is 0.617. The molecule has 3 nitrogen and oxygen atoms in total. The maximum absolute atomic E-state index is 11.7. The van der Waals surface area contributed by atoms with Crippen LogP contribution in [0.5, 0.6) is 0 Å². The molecular formula is C22H23NO2S3. The first-order chi connectivity index (χ1) is 13.6. The zero-order valence-electron chi connectivity index (χ0n) is 15.4. The molecule has 0 amide bonds. The average Bonchev–Trinajstić information content (AvgIpc) is 2.76. The van der Waals surface area contributed by atoms with Gasteiger partial charge in [0.1, 0.15) is 5.08 Å². The third-order valence-electron chi connectivity index (χ3n) is 4.45. The van der Waals surface area contributed by atoms with Crippen LogP contribution in [0.4, 0.5) is 0 Å². The molecule has 0 saturated heterocycles. The third-order valence-corrected chi connectivity index (χ3v) is 8.01. The van der Waals surface area contributed by atoms with E-state index in [2.05, 4.69) is 53.7 Å². The molecular weight excluding hydrogens is 406 g/mol. The molecule has 3 rings (SSSR count). The zero-order chi connectivity index (χ0) is 19.9. The van der Waals surface area contributed by atoms with Gasteiger partial charge in [-0.25, -0.2) is 13.1 Å². The van der Waals surface area contributed by atoms with E-state index in [1.807, 2.05) is 54.6 Å². The molecule has 28 heavy (non-hydrogen) atoms. The molecule has 0 aliphatic carbocycles. The van der Waals surface area contributed by atoms with Crippen molar-refractivity contribution in [2.24, 2.45) is 0 Å². The van der Waals surface area contributed by atoms with Gasteiger partial charge in [-0.1, -0.05) is 91.0 Å². The highest BCUT2D eigenvalue weighted by Crippen LogP contribution is 2.48. The van der Waals surface area contributed by atoms with Crippen LogP contribution >= 0.6 is 24.4 Å². The van der Waals surface area contributed by atoms with Gasteiger partial charge in [-0.3, -0.25) is 0 Å². The van der Waals surface area contributed by atoms with Crippen LogP contribution in [-0.4, -0.2) is 25.8 Å². The number of benzene rings is 3. The standard InChI is InChI=1S/C22H23NO2S3/c24-28(25,18-26)23-16-17-27-22(19-10-4-1-5-11-19,20-12-6-2-7-13-20)21-14-8-3-9-15-21/h1-15,23,26H,16-18H2. The molecule has 0 aromatic heterocycles. The zero-order valence-corrected chi connectivity index (χ0v) is 17.9. The fourth-order valence-electron chi connectivity index (χ4n) is 3.22. The van der Waals surface area contributed by atoms with Crippen molar-refractivity contribution in [2.45, 2.75) is 4.75 Å². The molecule has 0 saturated carbocycles. The predicted molar refractivity (Wildman–Crippen MR) is 122 cm³/mol. The Kier molecular flexibility index (Phi) is 7.24. The van der Waals surface area contributed by atoms with Crippen LogP contribution < -0.4 is 4.72 Å². The Morgan fingerprint density at radius 2 is 1.14 bits per heavy atom. The molecule has 0 aliphatic rings. The van der Waals surface area contributed by atoms with Crippen molar-refractivity contribution >= 4 is 34.4 Å². The molecule has 6 heteroatoms. The molecule has 0 unspecified atom stereocenters. The number of thiol groups is 1. The number of rotatable bonds is 9. The number of hydrogen-bond acceptors (Lipinski definition) is 4. The summed E-state index contributed by atoms with van der Waals surface area (Å²) in [5.41, 5.74) is 3.48. The number of thioether (sulfide) groups is 1. The second kappa shape index (κ2) is 9.65. The Morgan fingerprint density at radius 3 is 1.50 bits per heavy atom. The van der Waals surface area contributed by atoms with E-state index in [0.717, 1.165) is 16.7 Å². The topological polar surface area (TPSA) is 46.2 Å². The number of nitrogens with one attached hydrogen (secondary N) is 1. The highest BCUT2D eigenvalue weighted by atomic mass is 32.3. The van der Waals surface area contributed by atoms with Crippen molar-refractivity contribution in [3.63, 3.8) is 0 Å². The summed E-state index contributed by atoms with van der Waals surface area (Å²) < 4.78 is 25.7. The van der Waals surface area contributed by atoms with Crippen molar-refractivity contribution in [1.82, 2.24) is 4.72 Å². The Hall–Kier alpha value is -1.73. The van der Waals surface area contributed by atoms with E-state index in [0.29, 0.717) is 12.3 Å². The van der Waals surface area contributed by atoms with Crippen molar-refractivity contribution in [2.75, 3.05) is 17.4 Å². The first kappa shape index (κ1) is 21.0. The van der Waals surface area contributed by atoms with Gasteiger partial charge in [0.05, 0.1) is 4.75 Å². The van der Waals surface area contributed by atoms with E-state index < -0.39 is 14.8 Å². The minimum absolute atomic E-state index is 0.209. The molecule has 0 heterocycles. The predicted octanol–water partition coefficient (Wildman–Crippen LogP) is 4.52. The fourth-order valence-corrected chi connectivity index (χ4v) is 5.54. The second-order valence-electron chi connectivity index (χ2n) is 6.27. The van der Waals surface area contributed by atoms with Crippen LogP contribution in [0.2, 0.25) is 0 Å². The smallest absolute Gasteiger partial charge is 0.214 e. The van der Waals surface area contributed by atoms with Crippen LogP contribution in [0.25, 0.3) is 0 Å². The van der Waals surface area contributed by atoms with Crippen molar-refractivity contribution in [3.05, 3.63) is 108 Å². The lowest BCUT2D eigenvalue weighted by molar-refractivity contribution is 0.589. The van der Waals surface area contributed by atoms with Crippen LogP contribution in [0, 0.1) is 0 Å². The molecule has 0 spiro atoms. The molecule has 0 radical (unpaired) electrons. The molecule has 146 valence electrons. The SMILES string of the molecule is O=S(=O)(CS)NCCSC(c1ccccc1)(c1ccccc1)c1ccccc1. The van der Waals surface area contributed by atoms with E-state index in [4.69, 9.17) is 0 Å². The molecule has 3 aromatic carbocycles. The third kappa shape index (κ3) is 4.81. The number of hydrogen-bond donors (Lipinski definition) is 2. The normalized spacial score (nSPS) is 12.0. The van der Waals surface area contributed by atoms with Gasteiger partial charge in [-0.05, 0) is 16.7 Å². The first-order valence-corrected chi connectivity index (χ1v) is 12.2. The van der Waals surface area contributed by atoms with Crippen molar-refractivity contribution in [1.29, 1.82) is 0 Å². The Labute approximate surface area is 177 Å². The lowest BCUT2D eigenvalue weighted by atomic mass is 9.84. The maximum Gasteiger partial charge on any atom is 0.220 e. The minimum atomic E-state index is -3.33. The lowest BCUT2D eigenvalue weighted by Crippen LogP contribution is -2.30. The summed E-state index contributed by atoms with van der Waals surface area (Å²) in [6.07, 6.45) is 0. The lowest BCUT2D eigenvalue weighted by Gasteiger charge is -2.35. The molecule has 0 aliphatic heterocycles. The number of sulfonamides is 1. The second-order valence-corrected chi connectivity index (χ2v) is 10.1. The molecule has 0 bridgehead atoms. The van der Waals surface area contributed by atoms with Gasteiger partial charge in [0.15, 0.2) is 0 Å². The summed E-state index contributed by atoms with van der Waals surface area (Å²) in [6.45, 7) is 0.349. The quantitative estimate of drug-likeness (QED) is 0.299. The van der Waals surface area contributed by atoms with E-state index in [1.165, 1.54) is 0 Å². The molecule has 1 N–H and O–H groups in total. The van der Waals surface area contributed by atoms with Crippen LogP contribution in [0.1, 0.15) is 16.7 Å². The average molecular weight is 430 g/mol. The summed E-state index contributed by atoms with van der Waals surface area (Å²) in [7, 11) is -3.33. The van der Waals surface area contributed by atoms with Gasteiger partial charge in [0.2, 0.25) is 10.0 Å². The molecule has 0 fully saturated rings. The van der Waals surface area contributed by atoms with Gasteiger partial charge >= 0.3 is 0 Å². The van der Waals surface area contributed by atoms with E-state index in [-0.39, 0.29) is 5.08 Å². The fraction of sp³-hybridized carbons (Fsp3) is 0.182. The van der Waals surface area contributed by atoms with E-state index >= 15 is 0 Å². The van der Waals surface area contributed by atoms with E-state index in [1.54, 1.807) is 11.8 Å². The van der Waals surface area contributed by atoms with Crippen molar-refractivity contribution < 1.29 is 8.42 Å². The van der Waals surface area contributed by atoms with Crippen LogP contribution in [0.15, 0.2) is 91.0 Å². The molecule has 3 aromatic rings. The van der Waals surface area contributed by atoms with Gasteiger partial charge in [-0.2, -0.15) is 12.6 Å². The highest BCUT2D eigenvalue weighted by Gasteiger charge is 2.36. The summed E-state index contributed by atoms with van der Waals surface area (Å²) in [5, 5.41) is -0.209. The Bertz CT molecular complexity index is 866.